The van der Waals surface area contributed by atoms with Gasteiger partial charge in [0.25, 0.3) is 0 Å². The standard InChI is InChI=1S/C13H26N2O/c1-2-14-10-12-5-7-15(8-6-12)11-13-4-3-9-16-13/h12-14H,2-11H2,1H3. The van der Waals surface area contributed by atoms with Crippen LogP contribution in [-0.2, 0) is 4.74 Å². The lowest BCUT2D eigenvalue weighted by Crippen LogP contribution is -2.40. The Morgan fingerprint density at radius 1 is 1.25 bits per heavy atom. The normalized spacial score (nSPS) is 28.7. The van der Waals surface area contributed by atoms with E-state index in [4.69, 9.17) is 4.74 Å². The van der Waals surface area contributed by atoms with Crippen molar-refractivity contribution >= 4 is 0 Å². The molecule has 1 atom stereocenters. The maximum atomic E-state index is 5.69. The lowest BCUT2D eigenvalue weighted by molar-refractivity contribution is 0.0599. The molecule has 2 saturated heterocycles. The Labute approximate surface area is 99.5 Å². The van der Waals surface area contributed by atoms with Gasteiger partial charge in [-0.2, -0.15) is 0 Å². The zero-order chi connectivity index (χ0) is 11.2. The first-order chi connectivity index (χ1) is 7.88. The van der Waals surface area contributed by atoms with Gasteiger partial charge in [0, 0.05) is 13.2 Å². The topological polar surface area (TPSA) is 24.5 Å². The van der Waals surface area contributed by atoms with Crippen molar-refractivity contribution in [2.45, 2.75) is 38.7 Å². The Hall–Kier alpha value is -0.120. The fraction of sp³-hybridized carbons (Fsp3) is 1.00. The molecule has 0 radical (unpaired) electrons. The Balaban J connectivity index is 1.60. The van der Waals surface area contributed by atoms with Gasteiger partial charge in [0.05, 0.1) is 6.10 Å². The van der Waals surface area contributed by atoms with Crippen LogP contribution in [0.1, 0.15) is 32.6 Å². The summed E-state index contributed by atoms with van der Waals surface area (Å²) in [5.41, 5.74) is 0. The molecule has 2 aliphatic heterocycles. The van der Waals surface area contributed by atoms with Crippen LogP contribution in [0.25, 0.3) is 0 Å². The molecule has 0 aromatic heterocycles. The van der Waals surface area contributed by atoms with Crippen molar-refractivity contribution in [2.75, 3.05) is 39.3 Å². The van der Waals surface area contributed by atoms with E-state index in [9.17, 15) is 0 Å². The molecule has 0 aliphatic carbocycles. The van der Waals surface area contributed by atoms with Crippen LogP contribution in [-0.4, -0.2) is 50.3 Å². The van der Waals surface area contributed by atoms with Crippen molar-refractivity contribution in [2.24, 2.45) is 5.92 Å². The smallest absolute Gasteiger partial charge is 0.0702 e. The zero-order valence-corrected chi connectivity index (χ0v) is 10.6. The Morgan fingerprint density at radius 3 is 2.69 bits per heavy atom. The fourth-order valence-electron chi connectivity index (χ4n) is 2.80. The van der Waals surface area contributed by atoms with Gasteiger partial charge in [0.15, 0.2) is 0 Å². The summed E-state index contributed by atoms with van der Waals surface area (Å²) in [5, 5.41) is 3.46. The molecule has 0 saturated carbocycles. The molecule has 16 heavy (non-hydrogen) atoms. The molecule has 0 aromatic rings. The van der Waals surface area contributed by atoms with Crippen LogP contribution < -0.4 is 5.32 Å². The maximum absolute atomic E-state index is 5.69. The van der Waals surface area contributed by atoms with E-state index >= 15 is 0 Å². The van der Waals surface area contributed by atoms with E-state index in [0.29, 0.717) is 6.10 Å². The predicted octanol–water partition coefficient (Wildman–Crippen LogP) is 1.49. The van der Waals surface area contributed by atoms with E-state index in [1.165, 1.54) is 51.9 Å². The van der Waals surface area contributed by atoms with Crippen molar-refractivity contribution in [3.05, 3.63) is 0 Å². The van der Waals surface area contributed by atoms with Crippen LogP contribution in [0.4, 0.5) is 0 Å². The minimum Gasteiger partial charge on any atom is -0.377 e. The molecular formula is C13H26N2O. The average Bonchev–Trinajstić information content (AvgIpc) is 2.81. The van der Waals surface area contributed by atoms with Crippen LogP contribution >= 0.6 is 0 Å². The third-order valence-corrected chi connectivity index (χ3v) is 3.88. The monoisotopic (exact) mass is 226 g/mol. The summed E-state index contributed by atoms with van der Waals surface area (Å²) in [6, 6.07) is 0. The first kappa shape index (κ1) is 12.3. The Morgan fingerprint density at radius 2 is 2.06 bits per heavy atom. The van der Waals surface area contributed by atoms with Crippen molar-refractivity contribution < 1.29 is 4.74 Å². The fourth-order valence-corrected chi connectivity index (χ4v) is 2.80. The first-order valence-electron chi connectivity index (χ1n) is 6.93. The number of likely N-dealkylation sites (tertiary alicyclic amines) is 1. The van der Waals surface area contributed by atoms with Crippen LogP contribution in [0.3, 0.4) is 0 Å². The van der Waals surface area contributed by atoms with Gasteiger partial charge in [0.1, 0.15) is 0 Å². The summed E-state index contributed by atoms with van der Waals surface area (Å²) in [6.07, 6.45) is 5.79. The Bertz CT molecular complexity index is 184. The van der Waals surface area contributed by atoms with Crippen LogP contribution in [0.15, 0.2) is 0 Å². The Kier molecular flexibility index (Phi) is 5.07. The molecule has 94 valence electrons. The maximum Gasteiger partial charge on any atom is 0.0702 e. The molecule has 3 nitrogen and oxygen atoms in total. The van der Waals surface area contributed by atoms with E-state index in [1.54, 1.807) is 0 Å². The van der Waals surface area contributed by atoms with Crippen molar-refractivity contribution in [1.82, 2.24) is 10.2 Å². The van der Waals surface area contributed by atoms with Gasteiger partial charge in [-0.05, 0) is 57.8 Å². The SMILES string of the molecule is CCNCC1CCN(CC2CCCO2)CC1. The van der Waals surface area contributed by atoms with E-state index in [0.717, 1.165) is 19.1 Å². The van der Waals surface area contributed by atoms with E-state index in [2.05, 4.69) is 17.1 Å². The molecule has 1 N–H and O–H groups in total. The summed E-state index contributed by atoms with van der Waals surface area (Å²) in [7, 11) is 0. The van der Waals surface area contributed by atoms with Crippen molar-refractivity contribution in [3.63, 3.8) is 0 Å². The van der Waals surface area contributed by atoms with Gasteiger partial charge in [-0.15, -0.1) is 0 Å². The molecule has 2 fully saturated rings. The number of rotatable bonds is 5. The highest BCUT2D eigenvalue weighted by Crippen LogP contribution is 2.19. The lowest BCUT2D eigenvalue weighted by Gasteiger charge is -2.33. The highest BCUT2D eigenvalue weighted by atomic mass is 16.5. The summed E-state index contributed by atoms with van der Waals surface area (Å²) in [5.74, 6) is 0.903. The van der Waals surface area contributed by atoms with Crippen LogP contribution in [0.2, 0.25) is 0 Å². The molecule has 0 spiro atoms. The third kappa shape index (κ3) is 3.72. The van der Waals surface area contributed by atoms with Gasteiger partial charge in [-0.25, -0.2) is 0 Å². The molecule has 2 aliphatic rings. The third-order valence-electron chi connectivity index (χ3n) is 3.88. The summed E-state index contributed by atoms with van der Waals surface area (Å²) in [4.78, 5) is 2.60. The summed E-state index contributed by atoms with van der Waals surface area (Å²) in [6.45, 7) is 9.22. The molecule has 0 bridgehead atoms. The minimum atomic E-state index is 0.533. The summed E-state index contributed by atoms with van der Waals surface area (Å²) < 4.78 is 5.69. The number of hydrogen-bond acceptors (Lipinski definition) is 3. The molecule has 0 aromatic carbocycles. The van der Waals surface area contributed by atoms with E-state index < -0.39 is 0 Å². The van der Waals surface area contributed by atoms with Gasteiger partial charge >= 0.3 is 0 Å². The number of piperidine rings is 1. The summed E-state index contributed by atoms with van der Waals surface area (Å²) >= 11 is 0. The van der Waals surface area contributed by atoms with E-state index in [-0.39, 0.29) is 0 Å². The second-order valence-corrected chi connectivity index (χ2v) is 5.19. The first-order valence-corrected chi connectivity index (χ1v) is 6.93. The van der Waals surface area contributed by atoms with Gasteiger partial charge in [0.2, 0.25) is 0 Å². The predicted molar refractivity (Wildman–Crippen MR) is 66.7 cm³/mol. The largest absolute Gasteiger partial charge is 0.377 e. The second kappa shape index (κ2) is 6.58. The molecule has 0 amide bonds. The molecule has 2 rings (SSSR count). The van der Waals surface area contributed by atoms with Gasteiger partial charge in [-0.3, -0.25) is 0 Å². The van der Waals surface area contributed by atoms with E-state index in [1.807, 2.05) is 0 Å². The highest BCUT2D eigenvalue weighted by Gasteiger charge is 2.23. The van der Waals surface area contributed by atoms with Gasteiger partial charge < -0.3 is 15.0 Å². The molecule has 2 heterocycles. The van der Waals surface area contributed by atoms with Gasteiger partial charge in [-0.1, -0.05) is 6.92 Å². The van der Waals surface area contributed by atoms with Crippen molar-refractivity contribution in [3.8, 4) is 0 Å². The lowest BCUT2D eigenvalue weighted by atomic mass is 9.96. The minimum absolute atomic E-state index is 0.533. The average molecular weight is 226 g/mol. The van der Waals surface area contributed by atoms with Crippen LogP contribution in [0.5, 0.6) is 0 Å². The van der Waals surface area contributed by atoms with Crippen molar-refractivity contribution in [1.29, 1.82) is 0 Å². The number of nitrogens with one attached hydrogen (secondary N) is 1. The number of nitrogens with zero attached hydrogens (tertiary/aromatic N) is 1. The second-order valence-electron chi connectivity index (χ2n) is 5.19. The number of hydrogen-bond donors (Lipinski definition) is 1. The van der Waals surface area contributed by atoms with Crippen LogP contribution in [0, 0.1) is 5.92 Å². The zero-order valence-electron chi connectivity index (χ0n) is 10.6. The number of ether oxygens (including phenoxy) is 1. The molecule has 3 heteroatoms. The highest BCUT2D eigenvalue weighted by molar-refractivity contribution is 4.77. The quantitative estimate of drug-likeness (QED) is 0.768. The molecule has 1 unspecified atom stereocenters. The molecular weight excluding hydrogens is 200 g/mol.